The van der Waals surface area contributed by atoms with Gasteiger partial charge in [-0.2, -0.15) is 0 Å². The standard InChI is InChI=1S/C22H42N2O2/c1-6-23(7-2)16-13-22(19-11-9-8-10-12-19)14-17-24(18-15-22)20(25)26-21(3,4)5/h19H,6-18H2,1-5H3. The number of hydrogen-bond acceptors (Lipinski definition) is 3. The second-order valence-corrected chi connectivity index (χ2v) is 9.44. The second kappa shape index (κ2) is 9.43. The summed E-state index contributed by atoms with van der Waals surface area (Å²) in [5.74, 6) is 0.854. The molecule has 0 radical (unpaired) electrons. The van der Waals surface area contributed by atoms with Gasteiger partial charge in [0.1, 0.15) is 5.60 Å². The van der Waals surface area contributed by atoms with E-state index in [2.05, 4.69) is 18.7 Å². The van der Waals surface area contributed by atoms with Crippen molar-refractivity contribution >= 4 is 6.09 Å². The van der Waals surface area contributed by atoms with Crippen molar-refractivity contribution in [3.63, 3.8) is 0 Å². The van der Waals surface area contributed by atoms with Gasteiger partial charge in [-0.1, -0.05) is 33.1 Å². The van der Waals surface area contributed by atoms with E-state index in [1.165, 1.54) is 45.1 Å². The third-order valence-electron chi connectivity index (χ3n) is 6.70. The first-order valence-electron chi connectivity index (χ1n) is 11.0. The maximum absolute atomic E-state index is 12.5. The van der Waals surface area contributed by atoms with Gasteiger partial charge < -0.3 is 14.5 Å². The molecule has 26 heavy (non-hydrogen) atoms. The zero-order valence-electron chi connectivity index (χ0n) is 18.0. The van der Waals surface area contributed by atoms with Crippen molar-refractivity contribution in [3.05, 3.63) is 0 Å². The Morgan fingerprint density at radius 2 is 1.65 bits per heavy atom. The van der Waals surface area contributed by atoms with E-state index in [1.807, 2.05) is 25.7 Å². The molecule has 0 N–H and O–H groups in total. The Morgan fingerprint density at radius 3 is 2.15 bits per heavy atom. The van der Waals surface area contributed by atoms with Crippen LogP contribution in [0.5, 0.6) is 0 Å². The zero-order chi connectivity index (χ0) is 19.2. The topological polar surface area (TPSA) is 32.8 Å². The molecule has 4 heteroatoms. The van der Waals surface area contributed by atoms with Gasteiger partial charge in [0.2, 0.25) is 0 Å². The summed E-state index contributed by atoms with van der Waals surface area (Å²) in [6.45, 7) is 15.6. The Kier molecular flexibility index (Phi) is 7.81. The van der Waals surface area contributed by atoms with Crippen LogP contribution in [0.4, 0.5) is 4.79 Å². The van der Waals surface area contributed by atoms with Gasteiger partial charge in [0.15, 0.2) is 0 Å². The fraction of sp³-hybridized carbons (Fsp3) is 0.955. The smallest absolute Gasteiger partial charge is 0.410 e. The summed E-state index contributed by atoms with van der Waals surface area (Å²) < 4.78 is 5.60. The monoisotopic (exact) mass is 366 g/mol. The highest BCUT2D eigenvalue weighted by atomic mass is 16.6. The molecule has 0 aromatic carbocycles. The molecule has 1 aliphatic carbocycles. The molecule has 0 atom stereocenters. The Balaban J connectivity index is 2.01. The number of piperidine rings is 1. The minimum absolute atomic E-state index is 0.126. The maximum atomic E-state index is 12.5. The van der Waals surface area contributed by atoms with Crippen molar-refractivity contribution in [3.8, 4) is 0 Å². The summed E-state index contributed by atoms with van der Waals surface area (Å²) in [7, 11) is 0. The highest BCUT2D eigenvalue weighted by Crippen LogP contribution is 2.48. The normalized spacial score (nSPS) is 21.8. The summed E-state index contributed by atoms with van der Waals surface area (Å²) in [5.41, 5.74) is 0.0270. The van der Waals surface area contributed by atoms with Gasteiger partial charge >= 0.3 is 6.09 Å². The molecular formula is C22H42N2O2. The van der Waals surface area contributed by atoms with E-state index in [0.29, 0.717) is 5.41 Å². The highest BCUT2D eigenvalue weighted by molar-refractivity contribution is 5.68. The lowest BCUT2D eigenvalue weighted by Gasteiger charge is -2.49. The first kappa shape index (κ1) is 21.5. The Bertz CT molecular complexity index is 426. The molecule has 0 unspecified atom stereocenters. The van der Waals surface area contributed by atoms with E-state index < -0.39 is 5.60 Å². The number of carbonyl (C=O) groups excluding carboxylic acids is 1. The quantitative estimate of drug-likeness (QED) is 0.638. The summed E-state index contributed by atoms with van der Waals surface area (Å²) in [4.78, 5) is 17.0. The van der Waals surface area contributed by atoms with E-state index in [4.69, 9.17) is 4.74 Å². The number of amides is 1. The van der Waals surface area contributed by atoms with Gasteiger partial charge in [0, 0.05) is 13.1 Å². The molecule has 2 aliphatic rings. The Morgan fingerprint density at radius 1 is 1.08 bits per heavy atom. The number of likely N-dealkylation sites (tertiary alicyclic amines) is 1. The summed E-state index contributed by atoms with van der Waals surface area (Å²) >= 11 is 0. The average molecular weight is 367 g/mol. The molecule has 1 saturated carbocycles. The first-order chi connectivity index (χ1) is 12.3. The molecule has 2 rings (SSSR count). The van der Waals surface area contributed by atoms with Crippen molar-refractivity contribution in [1.29, 1.82) is 0 Å². The summed E-state index contributed by atoms with van der Waals surface area (Å²) in [6, 6.07) is 0. The van der Waals surface area contributed by atoms with Crippen molar-refractivity contribution in [1.82, 2.24) is 9.80 Å². The molecule has 1 aliphatic heterocycles. The van der Waals surface area contributed by atoms with Crippen molar-refractivity contribution < 1.29 is 9.53 Å². The molecule has 1 saturated heterocycles. The van der Waals surface area contributed by atoms with Crippen molar-refractivity contribution in [2.75, 3.05) is 32.7 Å². The van der Waals surface area contributed by atoms with Crippen LogP contribution in [-0.4, -0.2) is 54.2 Å². The molecule has 0 aromatic heterocycles. The predicted molar refractivity (Wildman–Crippen MR) is 108 cm³/mol. The predicted octanol–water partition coefficient (Wildman–Crippen LogP) is 5.32. The van der Waals surface area contributed by atoms with E-state index in [0.717, 1.165) is 44.9 Å². The number of rotatable bonds is 6. The van der Waals surface area contributed by atoms with Crippen LogP contribution in [0.15, 0.2) is 0 Å². The molecule has 0 aromatic rings. The van der Waals surface area contributed by atoms with E-state index in [-0.39, 0.29) is 6.09 Å². The molecule has 4 nitrogen and oxygen atoms in total. The highest BCUT2D eigenvalue weighted by Gasteiger charge is 2.42. The summed E-state index contributed by atoms with van der Waals surface area (Å²) in [5, 5.41) is 0. The van der Waals surface area contributed by atoms with Crippen molar-refractivity contribution in [2.24, 2.45) is 11.3 Å². The van der Waals surface area contributed by atoms with Crippen LogP contribution in [0, 0.1) is 11.3 Å². The van der Waals surface area contributed by atoms with Crippen LogP contribution < -0.4 is 0 Å². The lowest BCUT2D eigenvalue weighted by atomic mass is 9.62. The van der Waals surface area contributed by atoms with Crippen LogP contribution in [0.3, 0.4) is 0 Å². The van der Waals surface area contributed by atoms with E-state index in [1.54, 1.807) is 0 Å². The number of carbonyl (C=O) groups is 1. The largest absolute Gasteiger partial charge is 0.444 e. The Hall–Kier alpha value is -0.770. The molecule has 2 fully saturated rings. The van der Waals surface area contributed by atoms with Crippen molar-refractivity contribution in [2.45, 2.75) is 91.6 Å². The average Bonchev–Trinajstić information content (AvgIpc) is 2.62. The molecule has 1 heterocycles. The minimum Gasteiger partial charge on any atom is -0.444 e. The fourth-order valence-electron chi connectivity index (χ4n) is 4.96. The SMILES string of the molecule is CCN(CC)CCC1(C2CCCCC2)CCN(C(=O)OC(C)(C)C)CC1. The van der Waals surface area contributed by atoms with Gasteiger partial charge in [0.25, 0.3) is 0 Å². The van der Waals surface area contributed by atoms with E-state index >= 15 is 0 Å². The van der Waals surface area contributed by atoms with Crippen LogP contribution >= 0.6 is 0 Å². The van der Waals surface area contributed by atoms with Crippen LogP contribution in [0.2, 0.25) is 0 Å². The second-order valence-electron chi connectivity index (χ2n) is 9.44. The minimum atomic E-state index is -0.405. The molecular weight excluding hydrogens is 324 g/mol. The lowest BCUT2D eigenvalue weighted by molar-refractivity contribution is -0.0119. The van der Waals surface area contributed by atoms with Gasteiger partial charge in [-0.15, -0.1) is 0 Å². The number of hydrogen-bond donors (Lipinski definition) is 0. The zero-order valence-corrected chi connectivity index (χ0v) is 18.0. The van der Waals surface area contributed by atoms with Crippen LogP contribution in [0.1, 0.15) is 86.0 Å². The van der Waals surface area contributed by atoms with Crippen LogP contribution in [-0.2, 0) is 4.74 Å². The van der Waals surface area contributed by atoms with Gasteiger partial charge in [-0.3, -0.25) is 0 Å². The summed E-state index contributed by atoms with van der Waals surface area (Å²) in [6.07, 6.45) is 10.5. The lowest BCUT2D eigenvalue weighted by Crippen LogP contribution is -2.49. The Labute approximate surface area is 161 Å². The third kappa shape index (κ3) is 5.87. The van der Waals surface area contributed by atoms with Crippen LogP contribution in [0.25, 0.3) is 0 Å². The first-order valence-corrected chi connectivity index (χ1v) is 11.0. The van der Waals surface area contributed by atoms with Gasteiger partial charge in [-0.05, 0) is 83.8 Å². The van der Waals surface area contributed by atoms with Gasteiger partial charge in [-0.25, -0.2) is 4.79 Å². The molecule has 152 valence electrons. The molecule has 0 spiro atoms. The number of nitrogens with zero attached hydrogens (tertiary/aromatic N) is 2. The maximum Gasteiger partial charge on any atom is 0.410 e. The fourth-order valence-corrected chi connectivity index (χ4v) is 4.96. The third-order valence-corrected chi connectivity index (χ3v) is 6.70. The molecule has 1 amide bonds. The number of ether oxygens (including phenoxy) is 1. The van der Waals surface area contributed by atoms with E-state index in [9.17, 15) is 4.79 Å². The molecule has 0 bridgehead atoms. The van der Waals surface area contributed by atoms with Gasteiger partial charge in [0.05, 0.1) is 0 Å².